The third kappa shape index (κ3) is 4.04. The standard InChI is InChI=1S/C15H20N2S/c1-11(2)12-3-7-15(8-4-12)18-10-14(9-16)17-13-5-6-13/h3-4,7-8,11,13-14,17H,5-6,10H2,1-2H3. The fourth-order valence-corrected chi connectivity index (χ4v) is 2.64. The van der Waals surface area contributed by atoms with Crippen LogP contribution >= 0.6 is 11.8 Å². The number of hydrogen-bond donors (Lipinski definition) is 1. The molecule has 1 atom stereocenters. The van der Waals surface area contributed by atoms with Gasteiger partial charge in [0.05, 0.1) is 6.07 Å². The summed E-state index contributed by atoms with van der Waals surface area (Å²) >= 11 is 1.76. The van der Waals surface area contributed by atoms with Gasteiger partial charge in [-0.3, -0.25) is 5.32 Å². The van der Waals surface area contributed by atoms with Crippen LogP contribution in [-0.4, -0.2) is 17.8 Å². The van der Waals surface area contributed by atoms with Crippen molar-refractivity contribution in [1.82, 2.24) is 5.32 Å². The summed E-state index contributed by atoms with van der Waals surface area (Å²) in [4.78, 5) is 1.25. The van der Waals surface area contributed by atoms with Crippen LogP contribution < -0.4 is 5.32 Å². The van der Waals surface area contributed by atoms with Crippen LogP contribution in [0.25, 0.3) is 0 Å². The Bertz CT molecular complexity index is 415. The maximum Gasteiger partial charge on any atom is 0.105 e. The quantitative estimate of drug-likeness (QED) is 0.795. The van der Waals surface area contributed by atoms with E-state index >= 15 is 0 Å². The molecule has 1 aliphatic rings. The summed E-state index contributed by atoms with van der Waals surface area (Å²) in [7, 11) is 0. The second kappa shape index (κ2) is 6.26. The minimum Gasteiger partial charge on any atom is -0.298 e. The summed E-state index contributed by atoms with van der Waals surface area (Å²) in [6, 6.07) is 11.6. The van der Waals surface area contributed by atoms with Gasteiger partial charge >= 0.3 is 0 Å². The van der Waals surface area contributed by atoms with Crippen molar-refractivity contribution in [1.29, 1.82) is 5.26 Å². The van der Waals surface area contributed by atoms with Crippen molar-refractivity contribution in [3.8, 4) is 6.07 Å². The Kier molecular flexibility index (Phi) is 4.68. The summed E-state index contributed by atoms with van der Waals surface area (Å²) in [5.74, 6) is 1.40. The molecule has 1 fully saturated rings. The number of nitriles is 1. The smallest absolute Gasteiger partial charge is 0.105 e. The van der Waals surface area contributed by atoms with Crippen molar-refractivity contribution in [2.45, 2.75) is 49.6 Å². The van der Waals surface area contributed by atoms with E-state index < -0.39 is 0 Å². The Hall–Kier alpha value is -0.980. The predicted octanol–water partition coefficient (Wildman–Crippen LogP) is 3.55. The number of rotatable bonds is 6. The molecule has 3 heteroatoms. The number of hydrogen-bond acceptors (Lipinski definition) is 3. The molecule has 18 heavy (non-hydrogen) atoms. The van der Waals surface area contributed by atoms with Gasteiger partial charge < -0.3 is 0 Å². The first-order valence-electron chi connectivity index (χ1n) is 6.57. The number of benzene rings is 1. The maximum atomic E-state index is 9.07. The van der Waals surface area contributed by atoms with Gasteiger partial charge in [-0.1, -0.05) is 26.0 Å². The van der Waals surface area contributed by atoms with E-state index in [9.17, 15) is 0 Å². The molecule has 0 aliphatic heterocycles. The van der Waals surface area contributed by atoms with Crippen molar-refractivity contribution in [2.75, 3.05) is 5.75 Å². The van der Waals surface area contributed by atoms with Crippen LogP contribution in [0, 0.1) is 11.3 Å². The first kappa shape index (κ1) is 13.5. The van der Waals surface area contributed by atoms with Gasteiger partial charge in [0.1, 0.15) is 6.04 Å². The molecule has 0 radical (unpaired) electrons. The van der Waals surface area contributed by atoms with E-state index in [1.54, 1.807) is 11.8 Å². The van der Waals surface area contributed by atoms with Gasteiger partial charge in [-0.25, -0.2) is 0 Å². The van der Waals surface area contributed by atoms with Gasteiger partial charge in [-0.2, -0.15) is 5.26 Å². The molecule has 1 saturated carbocycles. The highest BCUT2D eigenvalue weighted by Crippen LogP contribution is 2.24. The Balaban J connectivity index is 1.83. The molecule has 2 nitrogen and oxygen atoms in total. The van der Waals surface area contributed by atoms with Crippen molar-refractivity contribution in [2.24, 2.45) is 0 Å². The lowest BCUT2D eigenvalue weighted by Gasteiger charge is -2.11. The van der Waals surface area contributed by atoms with E-state index in [0.29, 0.717) is 12.0 Å². The molecule has 1 aliphatic carbocycles. The summed E-state index contributed by atoms with van der Waals surface area (Å²) in [5, 5.41) is 12.4. The summed E-state index contributed by atoms with van der Waals surface area (Å²) in [6.45, 7) is 4.40. The molecule has 0 heterocycles. The number of thioether (sulfide) groups is 1. The molecule has 1 unspecified atom stereocenters. The van der Waals surface area contributed by atoms with E-state index in [1.807, 2.05) is 0 Å². The number of nitrogens with one attached hydrogen (secondary N) is 1. The van der Waals surface area contributed by atoms with Crippen LogP contribution in [0.2, 0.25) is 0 Å². The molecule has 0 aromatic heterocycles. The van der Waals surface area contributed by atoms with Gasteiger partial charge in [0.25, 0.3) is 0 Å². The van der Waals surface area contributed by atoms with E-state index in [1.165, 1.54) is 23.3 Å². The molecule has 0 amide bonds. The Morgan fingerprint density at radius 2 is 2.00 bits per heavy atom. The van der Waals surface area contributed by atoms with Crippen LogP contribution in [-0.2, 0) is 0 Å². The lowest BCUT2D eigenvalue weighted by atomic mass is 10.0. The molecular formula is C15H20N2S. The average Bonchev–Trinajstić information content (AvgIpc) is 3.18. The zero-order chi connectivity index (χ0) is 13.0. The Morgan fingerprint density at radius 3 is 2.50 bits per heavy atom. The molecule has 2 rings (SSSR count). The lowest BCUT2D eigenvalue weighted by molar-refractivity contribution is 0.644. The van der Waals surface area contributed by atoms with E-state index in [0.717, 1.165) is 5.75 Å². The molecule has 1 N–H and O–H groups in total. The van der Waals surface area contributed by atoms with E-state index in [4.69, 9.17) is 5.26 Å². The molecule has 96 valence electrons. The maximum absolute atomic E-state index is 9.07. The lowest BCUT2D eigenvalue weighted by Crippen LogP contribution is -2.31. The SMILES string of the molecule is CC(C)c1ccc(SCC(C#N)NC2CC2)cc1. The average molecular weight is 260 g/mol. The fraction of sp³-hybridized carbons (Fsp3) is 0.533. The van der Waals surface area contributed by atoms with Crippen molar-refractivity contribution in [3.05, 3.63) is 29.8 Å². The minimum absolute atomic E-state index is 0.0210. The van der Waals surface area contributed by atoms with Crippen LogP contribution in [0.4, 0.5) is 0 Å². The third-order valence-electron chi connectivity index (χ3n) is 3.13. The van der Waals surface area contributed by atoms with Crippen molar-refractivity contribution in [3.63, 3.8) is 0 Å². The van der Waals surface area contributed by atoms with Crippen molar-refractivity contribution < 1.29 is 0 Å². The minimum atomic E-state index is -0.0210. The van der Waals surface area contributed by atoms with Crippen LogP contribution in [0.3, 0.4) is 0 Å². The predicted molar refractivity (Wildman–Crippen MR) is 76.8 cm³/mol. The summed E-state index contributed by atoms with van der Waals surface area (Å²) in [5.41, 5.74) is 1.37. The van der Waals surface area contributed by atoms with Crippen LogP contribution in [0.1, 0.15) is 38.2 Å². The molecule has 0 spiro atoms. The second-order valence-corrected chi connectivity index (χ2v) is 6.25. The largest absolute Gasteiger partial charge is 0.298 e. The van der Waals surface area contributed by atoms with Crippen LogP contribution in [0.15, 0.2) is 29.2 Å². The first-order chi connectivity index (χ1) is 8.69. The molecule has 0 saturated heterocycles. The Morgan fingerprint density at radius 1 is 1.33 bits per heavy atom. The van der Waals surface area contributed by atoms with Gasteiger partial charge in [0.2, 0.25) is 0 Å². The van der Waals surface area contributed by atoms with Gasteiger partial charge in [0, 0.05) is 16.7 Å². The monoisotopic (exact) mass is 260 g/mol. The fourth-order valence-electron chi connectivity index (χ4n) is 1.79. The number of nitrogens with zero attached hydrogens (tertiary/aromatic N) is 1. The zero-order valence-corrected chi connectivity index (χ0v) is 11.8. The van der Waals surface area contributed by atoms with Crippen LogP contribution in [0.5, 0.6) is 0 Å². The molecular weight excluding hydrogens is 240 g/mol. The van der Waals surface area contributed by atoms with Gasteiger partial charge in [-0.15, -0.1) is 11.8 Å². The first-order valence-corrected chi connectivity index (χ1v) is 7.56. The normalized spacial score (nSPS) is 16.6. The van der Waals surface area contributed by atoms with Crippen molar-refractivity contribution >= 4 is 11.8 Å². The second-order valence-electron chi connectivity index (χ2n) is 5.16. The molecule has 0 bridgehead atoms. The topological polar surface area (TPSA) is 35.8 Å². The van der Waals surface area contributed by atoms with Gasteiger partial charge in [-0.05, 0) is 36.5 Å². The van der Waals surface area contributed by atoms with E-state index in [2.05, 4.69) is 49.5 Å². The highest BCUT2D eigenvalue weighted by atomic mass is 32.2. The van der Waals surface area contributed by atoms with E-state index in [-0.39, 0.29) is 6.04 Å². The molecule has 1 aromatic rings. The Labute approximate surface area is 114 Å². The highest BCUT2D eigenvalue weighted by Gasteiger charge is 2.24. The zero-order valence-electron chi connectivity index (χ0n) is 11.0. The third-order valence-corrected chi connectivity index (χ3v) is 4.24. The summed E-state index contributed by atoms with van der Waals surface area (Å²) < 4.78 is 0. The summed E-state index contributed by atoms with van der Waals surface area (Å²) in [6.07, 6.45) is 2.46. The molecule has 1 aromatic carbocycles. The highest BCUT2D eigenvalue weighted by molar-refractivity contribution is 7.99. The van der Waals surface area contributed by atoms with Gasteiger partial charge in [0.15, 0.2) is 0 Å².